The summed E-state index contributed by atoms with van der Waals surface area (Å²) in [4.78, 5) is 16.6. The van der Waals surface area contributed by atoms with Gasteiger partial charge in [0.15, 0.2) is 0 Å². The maximum atomic E-state index is 12.4. The average Bonchev–Trinajstić information content (AvgIpc) is 2.74. The van der Waals surface area contributed by atoms with Gasteiger partial charge in [-0.15, -0.1) is 0 Å². The van der Waals surface area contributed by atoms with Crippen molar-refractivity contribution in [3.05, 3.63) is 88.7 Å². The Hall–Kier alpha value is -3.05. The lowest BCUT2D eigenvalue weighted by molar-refractivity contribution is 0.0949. The van der Waals surface area contributed by atoms with Crippen molar-refractivity contribution in [3.63, 3.8) is 0 Å². The summed E-state index contributed by atoms with van der Waals surface area (Å²) >= 11 is 5.90. The number of nitrogens with one attached hydrogen (secondary N) is 2. The molecule has 0 radical (unpaired) electrons. The third kappa shape index (κ3) is 5.47. The van der Waals surface area contributed by atoms with Gasteiger partial charge in [-0.25, -0.2) is 0 Å². The molecular formula is C22H22ClN3O2. The molecule has 0 aliphatic carbocycles. The fourth-order valence-electron chi connectivity index (χ4n) is 2.78. The second kappa shape index (κ2) is 9.76. The summed E-state index contributed by atoms with van der Waals surface area (Å²) in [5.74, 6) is 0.619. The summed E-state index contributed by atoms with van der Waals surface area (Å²) in [6, 6.07) is 19.0. The maximum absolute atomic E-state index is 12.4. The Labute approximate surface area is 169 Å². The van der Waals surface area contributed by atoms with E-state index in [0.717, 1.165) is 22.6 Å². The first-order valence-electron chi connectivity index (χ1n) is 9.00. The molecule has 144 valence electrons. The lowest BCUT2D eigenvalue weighted by Crippen LogP contribution is -2.26. The quantitative estimate of drug-likeness (QED) is 0.596. The van der Waals surface area contributed by atoms with Gasteiger partial charge in [0.1, 0.15) is 11.4 Å². The number of halogens is 1. The Balaban J connectivity index is 1.54. The molecule has 1 aromatic heterocycles. The highest BCUT2D eigenvalue weighted by Gasteiger charge is 2.09. The molecule has 0 aliphatic heterocycles. The van der Waals surface area contributed by atoms with E-state index in [0.29, 0.717) is 30.2 Å². The molecule has 0 spiro atoms. The first-order chi connectivity index (χ1) is 13.7. The van der Waals surface area contributed by atoms with Crippen molar-refractivity contribution in [1.82, 2.24) is 10.3 Å². The minimum atomic E-state index is -0.204. The van der Waals surface area contributed by atoms with Crippen LogP contribution >= 0.6 is 11.6 Å². The van der Waals surface area contributed by atoms with Crippen molar-refractivity contribution < 1.29 is 9.53 Å². The number of rotatable bonds is 8. The van der Waals surface area contributed by atoms with E-state index in [2.05, 4.69) is 15.6 Å². The number of pyridine rings is 1. The lowest BCUT2D eigenvalue weighted by Gasteiger charge is -2.10. The molecule has 1 amide bonds. The first kappa shape index (κ1) is 19.7. The molecule has 0 atom stereocenters. The number of nitrogens with zero attached hydrogens (tertiary/aromatic N) is 1. The molecule has 0 saturated carbocycles. The number of hydrogen-bond acceptors (Lipinski definition) is 4. The number of carbonyl (C=O) groups excluding carboxylic acids is 1. The molecule has 28 heavy (non-hydrogen) atoms. The fraction of sp³-hybridized carbons (Fsp3) is 0.182. The van der Waals surface area contributed by atoms with Crippen molar-refractivity contribution in [2.24, 2.45) is 0 Å². The first-order valence-corrected chi connectivity index (χ1v) is 9.38. The summed E-state index contributed by atoms with van der Waals surface area (Å²) in [5, 5.41) is 6.91. The number of anilines is 1. The Morgan fingerprint density at radius 1 is 1.11 bits per heavy atom. The topological polar surface area (TPSA) is 63.2 Å². The zero-order chi connectivity index (χ0) is 19.8. The number of methoxy groups -OCH3 is 1. The van der Waals surface area contributed by atoms with Crippen molar-refractivity contribution in [1.29, 1.82) is 0 Å². The molecule has 6 heteroatoms. The van der Waals surface area contributed by atoms with E-state index in [1.54, 1.807) is 19.4 Å². The molecule has 3 rings (SSSR count). The van der Waals surface area contributed by atoms with Gasteiger partial charge in [-0.3, -0.25) is 9.78 Å². The van der Waals surface area contributed by atoms with Gasteiger partial charge in [-0.05, 0) is 47.9 Å². The van der Waals surface area contributed by atoms with Gasteiger partial charge in [0.2, 0.25) is 0 Å². The van der Waals surface area contributed by atoms with E-state index in [4.69, 9.17) is 16.3 Å². The molecule has 3 aromatic rings. The minimum Gasteiger partial charge on any atom is -0.496 e. The van der Waals surface area contributed by atoms with Gasteiger partial charge >= 0.3 is 0 Å². The predicted molar refractivity (Wildman–Crippen MR) is 112 cm³/mol. The Morgan fingerprint density at radius 2 is 1.89 bits per heavy atom. The second-order valence-corrected chi connectivity index (χ2v) is 6.66. The number of carbonyl (C=O) groups is 1. The highest BCUT2D eigenvalue weighted by Crippen LogP contribution is 2.17. The van der Waals surface area contributed by atoms with Crippen LogP contribution in [0.4, 0.5) is 5.69 Å². The second-order valence-electron chi connectivity index (χ2n) is 6.23. The monoisotopic (exact) mass is 395 g/mol. The number of ether oxygens (including phenoxy) is 1. The summed E-state index contributed by atoms with van der Waals surface area (Å²) in [6.07, 6.45) is 2.31. The molecule has 2 N–H and O–H groups in total. The maximum Gasteiger partial charge on any atom is 0.269 e. The predicted octanol–water partition coefficient (Wildman–Crippen LogP) is 4.33. The van der Waals surface area contributed by atoms with Crippen LogP contribution in [0.25, 0.3) is 0 Å². The third-order valence-corrected chi connectivity index (χ3v) is 4.53. The highest BCUT2D eigenvalue weighted by atomic mass is 35.5. The Bertz CT molecular complexity index is 929. The third-order valence-electron chi connectivity index (χ3n) is 4.27. The van der Waals surface area contributed by atoms with Gasteiger partial charge in [0, 0.05) is 30.0 Å². The number of amides is 1. The van der Waals surface area contributed by atoms with Gasteiger partial charge in [0.25, 0.3) is 5.91 Å². The van der Waals surface area contributed by atoms with E-state index < -0.39 is 0 Å². The van der Waals surface area contributed by atoms with Crippen molar-refractivity contribution >= 4 is 23.2 Å². The molecule has 2 aromatic carbocycles. The molecule has 5 nitrogen and oxygen atoms in total. The van der Waals surface area contributed by atoms with Crippen LogP contribution in [0.2, 0.25) is 5.02 Å². The van der Waals surface area contributed by atoms with Crippen LogP contribution in [0.3, 0.4) is 0 Å². The number of benzene rings is 2. The summed E-state index contributed by atoms with van der Waals surface area (Å²) in [7, 11) is 1.64. The van der Waals surface area contributed by atoms with E-state index in [1.807, 2.05) is 54.6 Å². The van der Waals surface area contributed by atoms with Crippen LogP contribution in [0.15, 0.2) is 66.9 Å². The number of aromatic nitrogens is 1. The zero-order valence-electron chi connectivity index (χ0n) is 15.6. The molecule has 0 bridgehead atoms. The van der Waals surface area contributed by atoms with Crippen molar-refractivity contribution in [2.45, 2.75) is 13.0 Å². The van der Waals surface area contributed by atoms with E-state index in [9.17, 15) is 4.79 Å². The van der Waals surface area contributed by atoms with Crippen molar-refractivity contribution in [3.8, 4) is 5.75 Å². The smallest absolute Gasteiger partial charge is 0.269 e. The summed E-state index contributed by atoms with van der Waals surface area (Å²) in [5.41, 5.74) is 3.36. The molecule has 1 heterocycles. The highest BCUT2D eigenvalue weighted by molar-refractivity contribution is 6.30. The molecule has 0 aliphatic rings. The molecular weight excluding hydrogens is 374 g/mol. The van der Waals surface area contributed by atoms with Gasteiger partial charge in [-0.1, -0.05) is 41.9 Å². The van der Waals surface area contributed by atoms with Crippen LogP contribution in [0, 0.1) is 0 Å². The Morgan fingerprint density at radius 3 is 2.68 bits per heavy atom. The minimum absolute atomic E-state index is 0.204. The fourth-order valence-corrected chi connectivity index (χ4v) is 2.91. The van der Waals surface area contributed by atoms with Crippen LogP contribution in [0.1, 0.15) is 21.6 Å². The van der Waals surface area contributed by atoms with Crippen LogP contribution in [0.5, 0.6) is 5.75 Å². The summed E-state index contributed by atoms with van der Waals surface area (Å²) in [6.45, 7) is 1.14. The Kier molecular flexibility index (Phi) is 6.87. The molecule has 0 saturated heterocycles. The van der Waals surface area contributed by atoms with Gasteiger partial charge in [-0.2, -0.15) is 0 Å². The van der Waals surface area contributed by atoms with Crippen molar-refractivity contribution in [2.75, 3.05) is 19.0 Å². The SMILES string of the molecule is COc1ccccc1CCNC(=O)c1cc(NCc2ccc(Cl)cc2)ccn1. The normalized spacial score (nSPS) is 10.4. The van der Waals surface area contributed by atoms with Crippen LogP contribution in [-0.2, 0) is 13.0 Å². The van der Waals surface area contributed by atoms with Crippen LogP contribution < -0.4 is 15.4 Å². The lowest BCUT2D eigenvalue weighted by atomic mass is 10.1. The zero-order valence-corrected chi connectivity index (χ0v) is 16.4. The average molecular weight is 396 g/mol. The molecule has 0 fully saturated rings. The summed E-state index contributed by atoms with van der Waals surface area (Å²) < 4.78 is 5.33. The van der Waals surface area contributed by atoms with Gasteiger partial charge in [0.05, 0.1) is 7.11 Å². The van der Waals surface area contributed by atoms with Crippen LogP contribution in [-0.4, -0.2) is 24.5 Å². The standard InChI is InChI=1S/C22H22ClN3O2/c1-28-21-5-3-2-4-17(21)10-12-25-22(27)20-14-19(11-13-24-20)26-15-16-6-8-18(23)9-7-16/h2-9,11,13-14H,10,12,15H2,1H3,(H,24,26)(H,25,27). The van der Waals surface area contributed by atoms with E-state index >= 15 is 0 Å². The number of hydrogen-bond donors (Lipinski definition) is 2. The van der Waals surface area contributed by atoms with E-state index in [-0.39, 0.29) is 5.91 Å². The molecule has 0 unspecified atom stereocenters. The largest absolute Gasteiger partial charge is 0.496 e. The number of para-hydroxylation sites is 1. The van der Waals surface area contributed by atoms with E-state index in [1.165, 1.54) is 0 Å². The van der Waals surface area contributed by atoms with Gasteiger partial charge < -0.3 is 15.4 Å².